The largest absolute Gasteiger partial charge is 0.442 e. The fourth-order valence-electron chi connectivity index (χ4n) is 4.16. The van der Waals surface area contributed by atoms with Gasteiger partial charge in [-0.3, -0.25) is 14.5 Å². The van der Waals surface area contributed by atoms with Crippen LogP contribution in [0.3, 0.4) is 0 Å². The van der Waals surface area contributed by atoms with E-state index in [2.05, 4.69) is 5.32 Å². The van der Waals surface area contributed by atoms with E-state index < -0.39 is 12.2 Å². The molecule has 2 atom stereocenters. The number of fused-ring (bicyclic) bond motifs is 3. The van der Waals surface area contributed by atoms with E-state index >= 15 is 0 Å². The number of anilines is 2. The molecule has 0 bridgehead atoms. The third kappa shape index (κ3) is 3.90. The van der Waals surface area contributed by atoms with E-state index in [1.54, 1.807) is 28.8 Å². The molecule has 2 aromatic rings. The van der Waals surface area contributed by atoms with Gasteiger partial charge in [0.1, 0.15) is 6.10 Å². The summed E-state index contributed by atoms with van der Waals surface area (Å²) in [5.74, 6) is 0.570. The van der Waals surface area contributed by atoms with Crippen molar-refractivity contribution >= 4 is 64.0 Å². The maximum atomic E-state index is 12.6. The number of nitrogens with one attached hydrogen (secondary N) is 1. The van der Waals surface area contributed by atoms with Gasteiger partial charge in [-0.25, -0.2) is 4.79 Å². The molecule has 3 aliphatic rings. The summed E-state index contributed by atoms with van der Waals surface area (Å²) < 4.78 is 6.14. The van der Waals surface area contributed by atoms with Crippen molar-refractivity contribution in [3.63, 3.8) is 0 Å². The van der Waals surface area contributed by atoms with E-state index in [1.807, 2.05) is 23.1 Å². The number of thioether (sulfide) groups is 1. The molecule has 2 fully saturated rings. The minimum atomic E-state index is -0.434. The van der Waals surface area contributed by atoms with Crippen LogP contribution in [0.2, 0.25) is 4.34 Å². The van der Waals surface area contributed by atoms with E-state index in [-0.39, 0.29) is 24.4 Å². The lowest BCUT2D eigenvalue weighted by Gasteiger charge is -2.32. The van der Waals surface area contributed by atoms with Gasteiger partial charge in [0.2, 0.25) is 5.91 Å². The number of amides is 3. The van der Waals surface area contributed by atoms with Crippen LogP contribution in [0.4, 0.5) is 16.2 Å². The Morgan fingerprint density at radius 1 is 1.23 bits per heavy atom. The van der Waals surface area contributed by atoms with Gasteiger partial charge in [-0.1, -0.05) is 11.6 Å². The maximum Gasteiger partial charge on any atom is 0.415 e. The minimum absolute atomic E-state index is 0.147. The first-order valence-electron chi connectivity index (χ1n) is 10.1. The zero-order valence-electron chi connectivity index (χ0n) is 16.5. The highest BCUT2D eigenvalue weighted by molar-refractivity contribution is 7.99. The molecule has 0 saturated carbocycles. The molecule has 2 saturated heterocycles. The molecular formula is C21H20ClN3O4S2. The van der Waals surface area contributed by atoms with Crippen LogP contribution in [0.15, 0.2) is 35.2 Å². The summed E-state index contributed by atoms with van der Waals surface area (Å²) in [5, 5.41) is 2.84. The Labute approximate surface area is 192 Å². The molecular weight excluding hydrogens is 458 g/mol. The van der Waals surface area contributed by atoms with E-state index in [4.69, 9.17) is 16.3 Å². The number of rotatable bonds is 4. The van der Waals surface area contributed by atoms with Crippen molar-refractivity contribution in [2.45, 2.75) is 36.3 Å². The molecule has 0 unspecified atom stereocenters. The van der Waals surface area contributed by atoms with Crippen molar-refractivity contribution in [3.05, 3.63) is 39.5 Å². The summed E-state index contributed by atoms with van der Waals surface area (Å²) in [6.45, 7) is 0.964. The lowest BCUT2D eigenvalue weighted by molar-refractivity contribution is -0.119. The zero-order chi connectivity index (χ0) is 21.5. The lowest BCUT2D eigenvalue weighted by atomic mass is 10.1. The molecule has 162 valence electrons. The molecule has 0 aliphatic carbocycles. The Morgan fingerprint density at radius 2 is 2.10 bits per heavy atom. The Bertz CT molecular complexity index is 1060. The average molecular weight is 478 g/mol. The van der Waals surface area contributed by atoms with Gasteiger partial charge in [-0.05, 0) is 43.2 Å². The number of ether oxygens (including phenoxy) is 1. The molecule has 10 heteroatoms. The topological polar surface area (TPSA) is 79.0 Å². The van der Waals surface area contributed by atoms with Crippen molar-refractivity contribution in [1.82, 2.24) is 5.32 Å². The van der Waals surface area contributed by atoms with Crippen LogP contribution in [0.1, 0.15) is 28.9 Å². The predicted octanol–water partition coefficient (Wildman–Crippen LogP) is 4.15. The van der Waals surface area contributed by atoms with Crippen LogP contribution in [-0.2, 0) is 9.53 Å². The standard InChI is InChI=1S/C21H20ClN3O4S2/c22-18-7-6-16(31-18)20(27)23-10-15-14-11-30-17-9-12(24-8-2-1-3-19(24)26)4-5-13(17)25(14)21(28)29-15/h4-7,9,14-15H,1-3,8,10-11H2,(H,23,27)/t14-,15-/m0/s1. The van der Waals surface area contributed by atoms with Crippen molar-refractivity contribution in [3.8, 4) is 0 Å². The third-order valence-corrected chi connectivity index (χ3v) is 8.09. The number of piperidine rings is 1. The average Bonchev–Trinajstić information content (AvgIpc) is 3.35. The van der Waals surface area contributed by atoms with Gasteiger partial charge in [0.05, 0.1) is 27.5 Å². The first-order valence-corrected chi connectivity index (χ1v) is 12.3. The highest BCUT2D eigenvalue weighted by atomic mass is 35.5. The monoisotopic (exact) mass is 477 g/mol. The quantitative estimate of drug-likeness (QED) is 0.715. The molecule has 31 heavy (non-hydrogen) atoms. The second-order valence-corrected chi connectivity index (χ2v) is 10.4. The summed E-state index contributed by atoms with van der Waals surface area (Å²) in [4.78, 5) is 42.2. The Balaban J connectivity index is 1.30. The van der Waals surface area contributed by atoms with Crippen LogP contribution < -0.4 is 15.1 Å². The maximum absolute atomic E-state index is 12.6. The summed E-state index contributed by atoms with van der Waals surface area (Å²) in [6.07, 6.45) is 1.67. The normalized spacial score (nSPS) is 22.7. The molecule has 4 heterocycles. The Kier molecular flexibility index (Phi) is 5.58. The molecule has 1 aromatic heterocycles. The first kappa shape index (κ1) is 20.7. The van der Waals surface area contributed by atoms with Crippen LogP contribution in [0, 0.1) is 0 Å². The first-order chi connectivity index (χ1) is 15.0. The molecule has 7 nitrogen and oxygen atoms in total. The molecule has 5 rings (SSSR count). The number of thiophene rings is 1. The van der Waals surface area contributed by atoms with Crippen LogP contribution in [0.5, 0.6) is 0 Å². The van der Waals surface area contributed by atoms with Crippen LogP contribution >= 0.6 is 34.7 Å². The lowest BCUT2D eigenvalue weighted by Crippen LogP contribution is -2.45. The molecule has 3 amide bonds. The van der Waals surface area contributed by atoms with Gasteiger partial charge in [-0.2, -0.15) is 0 Å². The SMILES string of the molecule is O=C(NC[C@@H]1OC(=O)N2c3ccc(N4CCCCC4=O)cc3SC[C@@H]12)c1ccc(Cl)s1. The number of carbonyl (C=O) groups excluding carboxylic acids is 3. The number of nitrogens with zero attached hydrogens (tertiary/aromatic N) is 2. The van der Waals surface area contributed by atoms with Crippen LogP contribution in [0.25, 0.3) is 0 Å². The van der Waals surface area contributed by atoms with Gasteiger partial charge in [-0.15, -0.1) is 23.1 Å². The highest BCUT2D eigenvalue weighted by Crippen LogP contribution is 2.43. The number of cyclic esters (lactones) is 1. The van der Waals surface area contributed by atoms with E-state index in [0.717, 1.165) is 35.7 Å². The van der Waals surface area contributed by atoms with Crippen molar-refractivity contribution in [1.29, 1.82) is 0 Å². The number of hydrogen-bond acceptors (Lipinski definition) is 6. The molecule has 1 N–H and O–H groups in total. The second kappa shape index (κ2) is 8.37. The second-order valence-electron chi connectivity index (χ2n) is 7.64. The van der Waals surface area contributed by atoms with Crippen molar-refractivity contribution in [2.24, 2.45) is 0 Å². The van der Waals surface area contributed by atoms with Gasteiger partial charge in [0.15, 0.2) is 0 Å². The summed E-state index contributed by atoms with van der Waals surface area (Å²) >= 11 is 8.75. The Morgan fingerprint density at radius 3 is 2.87 bits per heavy atom. The van der Waals surface area contributed by atoms with E-state index in [9.17, 15) is 14.4 Å². The fourth-order valence-corrected chi connectivity index (χ4v) is 6.35. The number of carbonyl (C=O) groups is 3. The molecule has 0 radical (unpaired) electrons. The molecule has 3 aliphatic heterocycles. The number of hydrogen-bond donors (Lipinski definition) is 1. The minimum Gasteiger partial charge on any atom is -0.442 e. The fraction of sp³-hybridized carbons (Fsp3) is 0.381. The van der Waals surface area contributed by atoms with Crippen molar-refractivity contribution < 1.29 is 19.1 Å². The summed E-state index contributed by atoms with van der Waals surface area (Å²) in [5.41, 5.74) is 1.67. The predicted molar refractivity (Wildman–Crippen MR) is 122 cm³/mol. The molecule has 0 spiro atoms. The number of benzene rings is 1. The third-order valence-electron chi connectivity index (χ3n) is 5.72. The zero-order valence-corrected chi connectivity index (χ0v) is 18.9. The smallest absolute Gasteiger partial charge is 0.415 e. The van der Waals surface area contributed by atoms with E-state index in [0.29, 0.717) is 21.4 Å². The highest BCUT2D eigenvalue weighted by Gasteiger charge is 2.45. The van der Waals surface area contributed by atoms with Crippen LogP contribution in [-0.4, -0.2) is 48.9 Å². The van der Waals surface area contributed by atoms with Gasteiger partial charge in [0.25, 0.3) is 5.91 Å². The molecule has 1 aromatic carbocycles. The summed E-state index contributed by atoms with van der Waals surface area (Å²) in [6, 6.07) is 8.96. The van der Waals surface area contributed by atoms with Gasteiger partial charge >= 0.3 is 6.09 Å². The van der Waals surface area contributed by atoms with Gasteiger partial charge < -0.3 is 15.0 Å². The van der Waals surface area contributed by atoms with Crippen molar-refractivity contribution in [2.75, 3.05) is 28.6 Å². The number of halogens is 1. The van der Waals surface area contributed by atoms with Gasteiger partial charge in [0, 0.05) is 29.3 Å². The Hall–Kier alpha value is -2.23. The summed E-state index contributed by atoms with van der Waals surface area (Å²) in [7, 11) is 0. The van der Waals surface area contributed by atoms with E-state index in [1.165, 1.54) is 11.3 Å².